The van der Waals surface area contributed by atoms with Crippen LogP contribution in [0.3, 0.4) is 0 Å². The van der Waals surface area contributed by atoms with Crippen LogP contribution in [0.1, 0.15) is 23.2 Å². The average Bonchev–Trinajstić information content (AvgIpc) is 2.66. The lowest BCUT2D eigenvalue weighted by Crippen LogP contribution is -2.39. The van der Waals surface area contributed by atoms with E-state index in [0.29, 0.717) is 18.0 Å². The van der Waals surface area contributed by atoms with Gasteiger partial charge < -0.3 is 14.4 Å². The highest BCUT2D eigenvalue weighted by atomic mass is 16.3. The third-order valence-corrected chi connectivity index (χ3v) is 2.86. The maximum atomic E-state index is 11.8. The van der Waals surface area contributed by atoms with Gasteiger partial charge in [0.2, 0.25) is 0 Å². The van der Waals surface area contributed by atoms with E-state index in [4.69, 9.17) is 9.52 Å². The second-order valence-electron chi connectivity index (χ2n) is 4.19. The van der Waals surface area contributed by atoms with Gasteiger partial charge in [-0.25, -0.2) is 0 Å². The van der Waals surface area contributed by atoms with Crippen molar-refractivity contribution in [2.24, 2.45) is 5.92 Å². The normalized spacial score (nSPS) is 24.7. The molecule has 4 heteroatoms. The summed E-state index contributed by atoms with van der Waals surface area (Å²) in [7, 11) is 1.78. The molecule has 0 radical (unpaired) electrons. The van der Waals surface area contributed by atoms with Gasteiger partial charge in [-0.3, -0.25) is 4.79 Å². The van der Waals surface area contributed by atoms with Crippen molar-refractivity contribution in [3.63, 3.8) is 0 Å². The fourth-order valence-corrected chi connectivity index (χ4v) is 1.93. The smallest absolute Gasteiger partial charge is 0.256 e. The first-order valence-electron chi connectivity index (χ1n) is 5.12. The zero-order valence-corrected chi connectivity index (χ0v) is 8.72. The second kappa shape index (κ2) is 4.06. The van der Waals surface area contributed by atoms with Crippen LogP contribution in [0.5, 0.6) is 0 Å². The highest BCUT2D eigenvalue weighted by Gasteiger charge is 2.29. The van der Waals surface area contributed by atoms with E-state index in [9.17, 15) is 4.79 Å². The molecule has 1 heterocycles. The Bertz CT molecular complexity index is 328. The van der Waals surface area contributed by atoms with Crippen molar-refractivity contribution >= 4 is 5.91 Å². The molecule has 1 amide bonds. The SMILES string of the molecule is CN(CC1CC(O)C1)C(=O)c1ccoc1. The Balaban J connectivity index is 1.86. The van der Waals surface area contributed by atoms with Gasteiger partial charge in [0.1, 0.15) is 6.26 Å². The van der Waals surface area contributed by atoms with Gasteiger partial charge in [0.15, 0.2) is 0 Å². The minimum Gasteiger partial charge on any atom is -0.472 e. The van der Waals surface area contributed by atoms with Crippen molar-refractivity contribution < 1.29 is 14.3 Å². The number of rotatable bonds is 3. The van der Waals surface area contributed by atoms with Gasteiger partial charge in [-0.2, -0.15) is 0 Å². The minimum atomic E-state index is -0.160. The third-order valence-electron chi connectivity index (χ3n) is 2.86. The van der Waals surface area contributed by atoms with Crippen LogP contribution in [-0.4, -0.2) is 35.6 Å². The van der Waals surface area contributed by atoms with Crippen LogP contribution < -0.4 is 0 Å². The van der Waals surface area contributed by atoms with Gasteiger partial charge in [-0.1, -0.05) is 0 Å². The molecule has 1 aliphatic carbocycles. The summed E-state index contributed by atoms with van der Waals surface area (Å²) in [6.45, 7) is 0.709. The monoisotopic (exact) mass is 209 g/mol. The lowest BCUT2D eigenvalue weighted by molar-refractivity contribution is 0.0265. The molecule has 1 saturated carbocycles. The molecule has 0 atom stereocenters. The molecule has 1 aromatic rings. The van der Waals surface area contributed by atoms with Crippen molar-refractivity contribution in [3.05, 3.63) is 24.2 Å². The van der Waals surface area contributed by atoms with Crippen molar-refractivity contribution in [2.75, 3.05) is 13.6 Å². The molecule has 1 aromatic heterocycles. The first-order valence-corrected chi connectivity index (χ1v) is 5.12. The number of carbonyl (C=O) groups is 1. The molecule has 4 nitrogen and oxygen atoms in total. The van der Waals surface area contributed by atoms with Crippen LogP contribution in [-0.2, 0) is 0 Å². The average molecular weight is 209 g/mol. The molecule has 1 aliphatic rings. The van der Waals surface area contributed by atoms with Crippen LogP contribution in [0.2, 0.25) is 0 Å². The Hall–Kier alpha value is -1.29. The van der Waals surface area contributed by atoms with Crippen molar-refractivity contribution in [2.45, 2.75) is 18.9 Å². The van der Waals surface area contributed by atoms with Gasteiger partial charge >= 0.3 is 0 Å². The van der Waals surface area contributed by atoms with Gasteiger partial charge in [0.05, 0.1) is 17.9 Å². The Kier molecular flexibility index (Phi) is 2.77. The largest absolute Gasteiger partial charge is 0.472 e. The van der Waals surface area contributed by atoms with Crippen LogP contribution in [0, 0.1) is 5.92 Å². The molecule has 0 spiro atoms. The maximum absolute atomic E-state index is 11.8. The van der Waals surface area contributed by atoms with Gasteiger partial charge in [-0.15, -0.1) is 0 Å². The summed E-state index contributed by atoms with van der Waals surface area (Å²) in [5.41, 5.74) is 0.581. The summed E-state index contributed by atoms with van der Waals surface area (Å²) in [6.07, 6.45) is 4.40. The first kappa shape index (κ1) is 10.2. The second-order valence-corrected chi connectivity index (χ2v) is 4.19. The minimum absolute atomic E-state index is 0.0230. The molecule has 82 valence electrons. The summed E-state index contributed by atoms with van der Waals surface area (Å²) in [5, 5.41) is 9.14. The fourth-order valence-electron chi connectivity index (χ4n) is 1.93. The summed E-state index contributed by atoms with van der Waals surface area (Å²) in [5.74, 6) is 0.422. The lowest BCUT2D eigenvalue weighted by atomic mass is 9.82. The molecule has 15 heavy (non-hydrogen) atoms. The maximum Gasteiger partial charge on any atom is 0.256 e. The highest BCUT2D eigenvalue weighted by molar-refractivity contribution is 5.93. The van der Waals surface area contributed by atoms with Crippen LogP contribution in [0.15, 0.2) is 23.0 Å². The summed E-state index contributed by atoms with van der Waals surface area (Å²) in [4.78, 5) is 13.4. The number of furan rings is 1. The highest BCUT2D eigenvalue weighted by Crippen LogP contribution is 2.27. The molecular formula is C11H15NO3. The van der Waals surface area contributed by atoms with Crippen LogP contribution in [0.25, 0.3) is 0 Å². The molecule has 0 saturated heterocycles. The predicted octanol–water partition coefficient (Wildman–Crippen LogP) is 1.12. The molecule has 0 unspecified atom stereocenters. The number of hydrogen-bond acceptors (Lipinski definition) is 3. The van der Waals surface area contributed by atoms with Crippen LogP contribution >= 0.6 is 0 Å². The van der Waals surface area contributed by atoms with E-state index in [-0.39, 0.29) is 12.0 Å². The molecule has 0 aliphatic heterocycles. The molecule has 0 bridgehead atoms. The summed E-state index contributed by atoms with van der Waals surface area (Å²) < 4.78 is 4.86. The molecule has 1 fully saturated rings. The molecule has 1 N–H and O–H groups in total. The van der Waals surface area contributed by atoms with Crippen molar-refractivity contribution in [1.29, 1.82) is 0 Å². The van der Waals surface area contributed by atoms with E-state index >= 15 is 0 Å². The first-order chi connectivity index (χ1) is 7.16. The zero-order chi connectivity index (χ0) is 10.8. The Morgan fingerprint density at radius 1 is 1.67 bits per heavy atom. The number of amides is 1. The van der Waals surface area contributed by atoms with E-state index in [0.717, 1.165) is 12.8 Å². The number of nitrogens with zero attached hydrogens (tertiary/aromatic N) is 1. The number of carbonyl (C=O) groups excluding carboxylic acids is 1. The fraction of sp³-hybridized carbons (Fsp3) is 0.545. The van der Waals surface area contributed by atoms with E-state index in [1.54, 1.807) is 18.0 Å². The number of aliphatic hydroxyl groups is 1. The van der Waals surface area contributed by atoms with Gasteiger partial charge in [0.25, 0.3) is 5.91 Å². The van der Waals surface area contributed by atoms with Crippen LogP contribution in [0.4, 0.5) is 0 Å². The van der Waals surface area contributed by atoms with Gasteiger partial charge in [0, 0.05) is 13.6 Å². The summed E-state index contributed by atoms with van der Waals surface area (Å²) >= 11 is 0. The Labute approximate surface area is 88.5 Å². The molecule has 2 rings (SSSR count). The third kappa shape index (κ3) is 2.21. The Morgan fingerprint density at radius 2 is 2.40 bits per heavy atom. The topological polar surface area (TPSA) is 53.7 Å². The van der Waals surface area contributed by atoms with E-state index in [2.05, 4.69) is 0 Å². The Morgan fingerprint density at radius 3 is 2.93 bits per heavy atom. The van der Waals surface area contributed by atoms with E-state index in [1.165, 1.54) is 12.5 Å². The number of hydrogen-bond donors (Lipinski definition) is 1. The standard InChI is InChI=1S/C11H15NO3/c1-12(6-8-4-10(13)5-8)11(14)9-2-3-15-7-9/h2-3,7-8,10,13H,4-6H2,1H3. The van der Waals surface area contributed by atoms with E-state index < -0.39 is 0 Å². The zero-order valence-electron chi connectivity index (χ0n) is 8.72. The quantitative estimate of drug-likeness (QED) is 0.811. The van der Waals surface area contributed by atoms with Crippen molar-refractivity contribution in [3.8, 4) is 0 Å². The lowest BCUT2D eigenvalue weighted by Gasteiger charge is -2.34. The van der Waals surface area contributed by atoms with E-state index in [1.807, 2.05) is 0 Å². The predicted molar refractivity (Wildman–Crippen MR) is 54.4 cm³/mol. The summed E-state index contributed by atoms with van der Waals surface area (Å²) in [6, 6.07) is 1.66. The molecular weight excluding hydrogens is 194 g/mol. The molecule has 0 aromatic carbocycles. The van der Waals surface area contributed by atoms with Crippen molar-refractivity contribution in [1.82, 2.24) is 4.90 Å². The van der Waals surface area contributed by atoms with Gasteiger partial charge in [-0.05, 0) is 24.8 Å². The number of aliphatic hydroxyl groups excluding tert-OH is 1.